The summed E-state index contributed by atoms with van der Waals surface area (Å²) in [7, 11) is -4.02. The van der Waals surface area contributed by atoms with Gasteiger partial charge in [-0.1, -0.05) is 48.0 Å². The van der Waals surface area contributed by atoms with Crippen molar-refractivity contribution in [3.8, 4) is 0 Å². The molecule has 0 aliphatic carbocycles. The van der Waals surface area contributed by atoms with Gasteiger partial charge >= 0.3 is 12.1 Å². The van der Waals surface area contributed by atoms with Crippen molar-refractivity contribution in [2.75, 3.05) is 6.54 Å². The molecule has 1 amide bonds. The summed E-state index contributed by atoms with van der Waals surface area (Å²) in [5.74, 6) is -1.07. The summed E-state index contributed by atoms with van der Waals surface area (Å²) >= 11 is 0. The first-order chi connectivity index (χ1) is 14.6. The van der Waals surface area contributed by atoms with Gasteiger partial charge in [0.05, 0.1) is 4.90 Å². The Morgan fingerprint density at radius 2 is 1.68 bits per heavy atom. The van der Waals surface area contributed by atoms with Crippen molar-refractivity contribution in [1.82, 2.24) is 5.32 Å². The van der Waals surface area contributed by atoms with Crippen LogP contribution in [0.1, 0.15) is 30.4 Å². The minimum Gasteiger partial charge on any atom is -0.480 e. The van der Waals surface area contributed by atoms with E-state index in [0.717, 1.165) is 17.5 Å². The molecule has 10 heteroatoms. The fourth-order valence-electron chi connectivity index (χ4n) is 2.37. The quantitative estimate of drug-likeness (QED) is 0.334. The van der Waals surface area contributed by atoms with Crippen molar-refractivity contribution in [2.45, 2.75) is 43.7 Å². The second-order valence-electron chi connectivity index (χ2n) is 6.67. The van der Waals surface area contributed by atoms with Gasteiger partial charge in [-0.25, -0.2) is 9.59 Å². The lowest BCUT2D eigenvalue weighted by Gasteiger charge is -2.14. The number of nitrogens with two attached hydrogens (primary N) is 1. The molecule has 0 aromatic heterocycles. The zero-order chi connectivity index (χ0) is 23.3. The van der Waals surface area contributed by atoms with Gasteiger partial charge in [0, 0.05) is 0 Å². The van der Waals surface area contributed by atoms with Crippen molar-refractivity contribution in [3.63, 3.8) is 0 Å². The Morgan fingerprint density at radius 3 is 2.19 bits per heavy atom. The van der Waals surface area contributed by atoms with Gasteiger partial charge in [0.15, 0.2) is 0 Å². The third-order valence-corrected chi connectivity index (χ3v) is 4.94. The molecule has 0 aliphatic rings. The average molecular weight is 453 g/mol. The standard InChI is InChI=1S/C14H20N2O4.C7H8O3S/c15-9-5-4-8-12(13(17)18)16-14(19)20-10-11-6-2-1-3-7-11;1-6-2-4-7(5-3-6)11(8,9)10/h1-3,6-7,12H,4-5,8-10,15H2,(H,16,19)(H,17,18);2-5H,1H3,(H,8,9,10)/t12-;/m1./s1. The first kappa shape index (κ1) is 26.1. The van der Waals surface area contributed by atoms with E-state index in [1.807, 2.05) is 37.3 Å². The van der Waals surface area contributed by atoms with Gasteiger partial charge in [-0.2, -0.15) is 8.42 Å². The predicted molar refractivity (Wildman–Crippen MR) is 115 cm³/mol. The summed E-state index contributed by atoms with van der Waals surface area (Å²) in [5.41, 5.74) is 7.15. The molecule has 31 heavy (non-hydrogen) atoms. The molecule has 0 unspecified atom stereocenters. The van der Waals surface area contributed by atoms with Gasteiger partial charge in [-0.05, 0) is 50.4 Å². The van der Waals surface area contributed by atoms with Crippen molar-refractivity contribution < 1.29 is 32.4 Å². The fourth-order valence-corrected chi connectivity index (χ4v) is 2.85. The first-order valence-corrected chi connectivity index (χ1v) is 11.0. The molecule has 1 atom stereocenters. The lowest BCUT2D eigenvalue weighted by Crippen LogP contribution is -2.41. The topological polar surface area (TPSA) is 156 Å². The van der Waals surface area contributed by atoms with Gasteiger partial charge in [-0.15, -0.1) is 0 Å². The largest absolute Gasteiger partial charge is 0.480 e. The van der Waals surface area contributed by atoms with E-state index in [-0.39, 0.29) is 11.5 Å². The molecule has 2 aromatic carbocycles. The SMILES string of the molecule is Cc1ccc(S(=O)(=O)O)cc1.NCCCC[C@@H](NC(=O)OCc1ccccc1)C(=O)O. The Kier molecular flexibility index (Phi) is 11.3. The molecule has 5 N–H and O–H groups in total. The molecular formula is C21H28N2O7S. The molecule has 0 spiro atoms. The number of hydrogen-bond donors (Lipinski definition) is 4. The Balaban J connectivity index is 0.000000367. The first-order valence-electron chi connectivity index (χ1n) is 9.57. The van der Waals surface area contributed by atoms with Crippen molar-refractivity contribution in [1.29, 1.82) is 0 Å². The van der Waals surface area contributed by atoms with Gasteiger partial charge < -0.3 is 20.9 Å². The van der Waals surface area contributed by atoms with Crippen LogP contribution in [-0.4, -0.2) is 42.7 Å². The summed E-state index contributed by atoms with van der Waals surface area (Å²) in [6, 6.07) is 14.2. The number of nitrogens with one attached hydrogen (secondary N) is 1. The van der Waals surface area contributed by atoms with Gasteiger partial charge in [0.2, 0.25) is 0 Å². The lowest BCUT2D eigenvalue weighted by molar-refractivity contribution is -0.139. The number of benzene rings is 2. The minimum atomic E-state index is -4.02. The highest BCUT2D eigenvalue weighted by atomic mass is 32.2. The molecule has 0 saturated carbocycles. The summed E-state index contributed by atoms with van der Waals surface area (Å²) < 4.78 is 34.5. The molecule has 170 valence electrons. The van der Waals surface area contributed by atoms with E-state index in [2.05, 4.69) is 5.32 Å². The monoisotopic (exact) mass is 452 g/mol. The van der Waals surface area contributed by atoms with E-state index >= 15 is 0 Å². The van der Waals surface area contributed by atoms with E-state index in [1.54, 1.807) is 12.1 Å². The second-order valence-corrected chi connectivity index (χ2v) is 8.09. The number of unbranched alkanes of at least 4 members (excludes halogenated alkanes) is 1. The molecule has 0 radical (unpaired) electrons. The number of amides is 1. The highest BCUT2D eigenvalue weighted by Crippen LogP contribution is 2.08. The maximum Gasteiger partial charge on any atom is 0.408 e. The summed E-state index contributed by atoms with van der Waals surface area (Å²) in [4.78, 5) is 22.5. The van der Waals surface area contributed by atoms with E-state index < -0.39 is 28.2 Å². The number of carboxylic acid groups (broad SMARTS) is 1. The normalized spacial score (nSPS) is 11.6. The summed E-state index contributed by atoms with van der Waals surface area (Å²) in [6.07, 6.45) is 0.984. The second kappa shape index (κ2) is 13.4. The average Bonchev–Trinajstić information content (AvgIpc) is 2.72. The Morgan fingerprint density at radius 1 is 1.06 bits per heavy atom. The van der Waals surface area contributed by atoms with Gasteiger partial charge in [-0.3, -0.25) is 4.55 Å². The number of aryl methyl sites for hydroxylation is 1. The molecule has 0 fully saturated rings. The molecule has 0 bridgehead atoms. The molecule has 0 heterocycles. The van der Waals surface area contributed by atoms with E-state index in [0.29, 0.717) is 19.4 Å². The summed E-state index contributed by atoms with van der Waals surface area (Å²) in [5, 5.41) is 11.3. The zero-order valence-electron chi connectivity index (χ0n) is 17.2. The van der Waals surface area contributed by atoms with Crippen molar-refractivity contribution >= 4 is 22.2 Å². The summed E-state index contributed by atoms with van der Waals surface area (Å²) in [6.45, 7) is 2.46. The molecule has 0 aliphatic heterocycles. The van der Waals surface area contributed by atoms with Crippen LogP contribution in [0, 0.1) is 6.92 Å². The lowest BCUT2D eigenvalue weighted by atomic mass is 10.1. The number of ether oxygens (including phenoxy) is 1. The van der Waals surface area contributed by atoms with Gasteiger partial charge in [0.25, 0.3) is 10.1 Å². The van der Waals surface area contributed by atoms with Crippen LogP contribution in [0.15, 0.2) is 59.5 Å². The smallest absolute Gasteiger partial charge is 0.408 e. The molecule has 2 rings (SSSR count). The number of rotatable bonds is 9. The fraction of sp³-hybridized carbons (Fsp3) is 0.333. The van der Waals surface area contributed by atoms with Crippen molar-refractivity contribution in [3.05, 3.63) is 65.7 Å². The molecular weight excluding hydrogens is 424 g/mol. The van der Waals surface area contributed by atoms with Crippen LogP contribution in [0.25, 0.3) is 0 Å². The Hall–Kier alpha value is -2.95. The number of carbonyl (C=O) groups is 2. The molecule has 9 nitrogen and oxygen atoms in total. The van der Waals surface area contributed by atoms with Crippen LogP contribution in [0.3, 0.4) is 0 Å². The van der Waals surface area contributed by atoms with Crippen LogP contribution in [-0.2, 0) is 26.3 Å². The third kappa shape index (κ3) is 11.1. The van der Waals surface area contributed by atoms with Crippen LogP contribution >= 0.6 is 0 Å². The highest BCUT2D eigenvalue weighted by molar-refractivity contribution is 7.85. The van der Waals surface area contributed by atoms with E-state index in [9.17, 15) is 18.0 Å². The Labute approximate surface area is 182 Å². The Bertz CT molecular complexity index is 917. The number of carboxylic acids is 1. The third-order valence-electron chi connectivity index (χ3n) is 4.07. The number of hydrogen-bond acceptors (Lipinski definition) is 6. The maximum atomic E-state index is 11.5. The predicted octanol–water partition coefficient (Wildman–Crippen LogP) is 2.74. The highest BCUT2D eigenvalue weighted by Gasteiger charge is 2.20. The van der Waals surface area contributed by atoms with Crippen LogP contribution in [0.4, 0.5) is 4.79 Å². The van der Waals surface area contributed by atoms with Crippen LogP contribution in [0.5, 0.6) is 0 Å². The molecule has 0 saturated heterocycles. The van der Waals surface area contributed by atoms with E-state index in [1.165, 1.54) is 12.1 Å². The number of alkyl carbamates (subject to hydrolysis) is 1. The van der Waals surface area contributed by atoms with Gasteiger partial charge in [0.1, 0.15) is 12.6 Å². The van der Waals surface area contributed by atoms with Crippen LogP contribution < -0.4 is 11.1 Å². The number of aliphatic carboxylic acids is 1. The van der Waals surface area contributed by atoms with E-state index in [4.69, 9.17) is 20.1 Å². The van der Waals surface area contributed by atoms with Crippen molar-refractivity contribution in [2.24, 2.45) is 5.73 Å². The molecule has 2 aromatic rings. The zero-order valence-corrected chi connectivity index (χ0v) is 18.0. The minimum absolute atomic E-state index is 0.0666. The number of carbonyl (C=O) groups excluding carboxylic acids is 1. The van der Waals surface area contributed by atoms with Crippen LogP contribution in [0.2, 0.25) is 0 Å². The maximum absolute atomic E-state index is 11.5.